The van der Waals surface area contributed by atoms with Crippen LogP contribution in [-0.2, 0) is 24.5 Å². The van der Waals surface area contributed by atoms with Gasteiger partial charge < -0.3 is 0 Å². The summed E-state index contributed by atoms with van der Waals surface area (Å²) in [5.74, 6) is -1.05. The molecule has 0 saturated heterocycles. The predicted octanol–water partition coefficient (Wildman–Crippen LogP) is -0.305. The Kier molecular flexibility index (Phi) is 2.53. The zero-order valence-electron chi connectivity index (χ0n) is 4.33. The minimum atomic E-state index is -5.16. The van der Waals surface area contributed by atoms with Gasteiger partial charge in [0.15, 0.2) is 0 Å². The fraction of sp³-hybridized carbons (Fsp3) is 0.500. The fourth-order valence-electron chi connectivity index (χ4n) is 0.0885. The van der Waals surface area contributed by atoms with Crippen LogP contribution in [-0.4, -0.2) is 14.4 Å². The van der Waals surface area contributed by atoms with Crippen LogP contribution in [0.5, 0.6) is 0 Å². The standard InChI is InChI=1S/C2H3FO5S/c1-2(4)7-8-9(3,5)6/h1H3. The summed E-state index contributed by atoms with van der Waals surface area (Å²) in [4.78, 5) is 13.0. The molecule has 0 atom stereocenters. The molecule has 0 unspecified atom stereocenters. The molecule has 0 rings (SSSR count). The molecule has 0 fully saturated rings. The number of hydrogen-bond acceptors (Lipinski definition) is 5. The van der Waals surface area contributed by atoms with E-state index in [1.807, 2.05) is 0 Å². The summed E-state index contributed by atoms with van der Waals surface area (Å²) in [5, 5.41) is 0. The summed E-state index contributed by atoms with van der Waals surface area (Å²) in [5.41, 5.74) is 0. The van der Waals surface area contributed by atoms with Gasteiger partial charge in [0, 0.05) is 6.92 Å². The maximum atomic E-state index is 11.2. The lowest BCUT2D eigenvalue weighted by molar-refractivity contribution is -0.210. The summed E-state index contributed by atoms with van der Waals surface area (Å²) >= 11 is 0. The van der Waals surface area contributed by atoms with Crippen LogP contribution < -0.4 is 0 Å². The number of carbonyl (C=O) groups excluding carboxylic acids is 1. The monoisotopic (exact) mass is 158 g/mol. The van der Waals surface area contributed by atoms with Gasteiger partial charge in [-0.05, 0) is 4.33 Å². The molecule has 0 aromatic rings. The molecule has 7 heteroatoms. The molecule has 0 amide bonds. The van der Waals surface area contributed by atoms with Gasteiger partial charge in [-0.2, -0.15) is 8.42 Å². The molecule has 5 nitrogen and oxygen atoms in total. The Bertz CT molecular complexity index is 193. The van der Waals surface area contributed by atoms with E-state index in [1.54, 1.807) is 0 Å². The maximum absolute atomic E-state index is 11.2. The molecule has 0 aromatic carbocycles. The Morgan fingerprint density at radius 1 is 1.56 bits per heavy atom. The van der Waals surface area contributed by atoms with Gasteiger partial charge >= 0.3 is 16.5 Å². The zero-order chi connectivity index (χ0) is 7.49. The Hall–Kier alpha value is -0.690. The van der Waals surface area contributed by atoms with E-state index in [2.05, 4.69) is 9.22 Å². The van der Waals surface area contributed by atoms with Gasteiger partial charge in [-0.1, -0.05) is 3.89 Å². The first kappa shape index (κ1) is 8.31. The molecule has 0 radical (unpaired) electrons. The van der Waals surface area contributed by atoms with Gasteiger partial charge in [-0.3, -0.25) is 4.89 Å². The number of hydrogen-bond donors (Lipinski definition) is 0. The average Bonchev–Trinajstić information content (AvgIpc) is 1.59. The van der Waals surface area contributed by atoms with E-state index in [4.69, 9.17) is 0 Å². The molecule has 54 valence electrons. The molecule has 0 aliphatic carbocycles. The third kappa shape index (κ3) is 7.31. The third-order valence-corrected chi connectivity index (χ3v) is 0.463. The minimum Gasteiger partial charge on any atom is -0.280 e. The van der Waals surface area contributed by atoms with Crippen molar-refractivity contribution >= 4 is 16.5 Å². The van der Waals surface area contributed by atoms with Gasteiger partial charge in [0.1, 0.15) is 0 Å². The Morgan fingerprint density at radius 3 is 2.11 bits per heavy atom. The molecule has 9 heavy (non-hydrogen) atoms. The molecule has 0 heterocycles. The highest BCUT2D eigenvalue weighted by molar-refractivity contribution is 7.81. The Labute approximate surface area is 50.7 Å². The second kappa shape index (κ2) is 2.74. The van der Waals surface area contributed by atoms with E-state index in [1.165, 1.54) is 0 Å². The van der Waals surface area contributed by atoms with E-state index in [-0.39, 0.29) is 0 Å². The van der Waals surface area contributed by atoms with E-state index in [0.29, 0.717) is 0 Å². The molecule has 0 bridgehead atoms. The second-order valence-corrected chi connectivity index (χ2v) is 1.96. The first-order valence-electron chi connectivity index (χ1n) is 1.73. The molecule has 0 aliphatic heterocycles. The normalized spacial score (nSPS) is 10.9. The van der Waals surface area contributed by atoms with E-state index < -0.39 is 16.5 Å². The van der Waals surface area contributed by atoms with Crippen LogP contribution in [0.4, 0.5) is 3.89 Å². The minimum absolute atomic E-state index is 0.866. The lowest BCUT2D eigenvalue weighted by atomic mass is 10.9. The van der Waals surface area contributed by atoms with Crippen LogP contribution in [0.2, 0.25) is 0 Å². The van der Waals surface area contributed by atoms with Crippen molar-refractivity contribution in [3.05, 3.63) is 0 Å². The van der Waals surface area contributed by atoms with Crippen molar-refractivity contribution in [3.8, 4) is 0 Å². The van der Waals surface area contributed by atoms with Crippen molar-refractivity contribution in [2.45, 2.75) is 6.92 Å². The maximum Gasteiger partial charge on any atom is 0.473 e. The number of carbonyl (C=O) groups is 1. The van der Waals surface area contributed by atoms with Gasteiger partial charge in [-0.15, -0.1) is 0 Å². The smallest absolute Gasteiger partial charge is 0.280 e. The van der Waals surface area contributed by atoms with Crippen LogP contribution in [0.1, 0.15) is 6.92 Å². The van der Waals surface area contributed by atoms with Gasteiger partial charge in [-0.25, -0.2) is 4.79 Å². The Balaban J connectivity index is 3.67. The lowest BCUT2D eigenvalue weighted by Gasteiger charge is -1.90. The quantitative estimate of drug-likeness (QED) is 0.313. The van der Waals surface area contributed by atoms with Crippen LogP contribution in [0.25, 0.3) is 0 Å². The third-order valence-electron chi connectivity index (χ3n) is 0.233. The molecule has 0 aromatic heterocycles. The topological polar surface area (TPSA) is 69.7 Å². The highest BCUT2D eigenvalue weighted by Crippen LogP contribution is 1.93. The fourth-order valence-corrected chi connectivity index (χ4v) is 0.266. The van der Waals surface area contributed by atoms with Crippen LogP contribution >= 0.6 is 0 Å². The lowest BCUT2D eigenvalue weighted by Crippen LogP contribution is -2.03. The first-order valence-corrected chi connectivity index (χ1v) is 3.04. The van der Waals surface area contributed by atoms with E-state index in [9.17, 15) is 17.1 Å². The number of halogens is 1. The second-order valence-electron chi connectivity index (χ2n) is 1.04. The molecule has 0 saturated carbocycles. The van der Waals surface area contributed by atoms with E-state index >= 15 is 0 Å². The van der Waals surface area contributed by atoms with Crippen molar-refractivity contribution in [3.63, 3.8) is 0 Å². The highest BCUT2D eigenvalue weighted by Gasteiger charge is 2.09. The van der Waals surface area contributed by atoms with Crippen molar-refractivity contribution in [1.82, 2.24) is 0 Å². The van der Waals surface area contributed by atoms with Gasteiger partial charge in [0.2, 0.25) is 0 Å². The van der Waals surface area contributed by atoms with Crippen LogP contribution in [0.15, 0.2) is 0 Å². The largest absolute Gasteiger partial charge is 0.473 e. The SMILES string of the molecule is CC(=O)OOS(=O)(=O)F. The summed E-state index contributed by atoms with van der Waals surface area (Å²) < 4.78 is 32.9. The molecular weight excluding hydrogens is 155 g/mol. The highest BCUT2D eigenvalue weighted by atomic mass is 32.3. The van der Waals surface area contributed by atoms with Crippen molar-refractivity contribution in [1.29, 1.82) is 0 Å². The molecule has 0 aliphatic rings. The average molecular weight is 158 g/mol. The summed E-state index contributed by atoms with van der Waals surface area (Å²) in [6.45, 7) is 0.866. The summed E-state index contributed by atoms with van der Waals surface area (Å²) in [6.07, 6.45) is 0. The van der Waals surface area contributed by atoms with Crippen LogP contribution in [0, 0.1) is 0 Å². The number of rotatable bonds is 2. The summed E-state index contributed by atoms with van der Waals surface area (Å²) in [6, 6.07) is 0. The predicted molar refractivity (Wildman–Crippen MR) is 22.9 cm³/mol. The van der Waals surface area contributed by atoms with Crippen molar-refractivity contribution in [2.24, 2.45) is 0 Å². The van der Waals surface area contributed by atoms with Crippen molar-refractivity contribution < 1.29 is 26.3 Å². The van der Waals surface area contributed by atoms with Gasteiger partial charge in [0.25, 0.3) is 0 Å². The van der Waals surface area contributed by atoms with Crippen molar-refractivity contribution in [2.75, 3.05) is 0 Å². The first-order chi connectivity index (χ1) is 3.92. The Morgan fingerprint density at radius 2 is 2.00 bits per heavy atom. The zero-order valence-corrected chi connectivity index (χ0v) is 5.14. The van der Waals surface area contributed by atoms with E-state index in [0.717, 1.165) is 6.92 Å². The van der Waals surface area contributed by atoms with Gasteiger partial charge in [0.05, 0.1) is 0 Å². The molecular formula is C2H3FO5S. The molecule has 0 N–H and O–H groups in total. The molecule has 0 spiro atoms. The van der Waals surface area contributed by atoms with Crippen LogP contribution in [0.3, 0.4) is 0 Å². The summed E-state index contributed by atoms with van der Waals surface area (Å²) in [7, 11) is -5.16.